The number of imide groups is 1. The Morgan fingerprint density at radius 1 is 1.36 bits per heavy atom. The second-order valence-electron chi connectivity index (χ2n) is 6.15. The molecule has 1 fully saturated rings. The molecule has 2 aliphatic rings. The van der Waals surface area contributed by atoms with Gasteiger partial charge in [-0.1, -0.05) is 24.8 Å². The summed E-state index contributed by atoms with van der Waals surface area (Å²) in [5, 5.41) is 9.73. The van der Waals surface area contributed by atoms with Crippen LogP contribution >= 0.6 is 23.2 Å². The minimum Gasteiger partial charge on any atom is -0.508 e. The second-order valence-corrected chi connectivity index (χ2v) is 7.40. The molecule has 0 spiro atoms. The van der Waals surface area contributed by atoms with Gasteiger partial charge in [0.25, 0.3) is 11.8 Å². The molecule has 3 atom stereocenters. The Bertz CT molecular complexity index is 821. The molecule has 0 saturated carbocycles. The van der Waals surface area contributed by atoms with E-state index in [9.17, 15) is 14.7 Å². The summed E-state index contributed by atoms with van der Waals surface area (Å²) < 4.78 is 5.35. The van der Waals surface area contributed by atoms with E-state index in [4.69, 9.17) is 27.9 Å². The standard InChI is InChI=1S/C18H17Cl2NO4/c1-4-10-7-8-17(19)15(23)21(2)16(24)18(17,20)14(10)12-6-5-11(22)9-13(12)25-3/h4-7,9,14,22H,1,8H2,2-3H3. The third-order valence-corrected chi connectivity index (χ3v) is 6.36. The fraction of sp³-hybridized carbons (Fsp3) is 0.333. The highest BCUT2D eigenvalue weighted by atomic mass is 35.5. The lowest BCUT2D eigenvalue weighted by Crippen LogP contribution is -2.54. The summed E-state index contributed by atoms with van der Waals surface area (Å²) in [6.07, 6.45) is 3.47. The number of alkyl halides is 2. The van der Waals surface area contributed by atoms with Crippen LogP contribution in [0.5, 0.6) is 11.5 Å². The van der Waals surface area contributed by atoms with E-state index in [-0.39, 0.29) is 12.2 Å². The fourth-order valence-corrected chi connectivity index (χ4v) is 4.58. The molecule has 0 radical (unpaired) electrons. The number of rotatable bonds is 3. The Morgan fingerprint density at radius 2 is 2.04 bits per heavy atom. The van der Waals surface area contributed by atoms with Crippen molar-refractivity contribution in [1.82, 2.24) is 4.90 Å². The number of likely N-dealkylation sites (tertiary alicyclic amines) is 1. The number of amides is 2. The highest BCUT2D eigenvalue weighted by molar-refractivity contribution is 6.53. The number of methoxy groups -OCH3 is 1. The van der Waals surface area contributed by atoms with Crippen LogP contribution in [0.2, 0.25) is 0 Å². The molecule has 1 N–H and O–H groups in total. The first kappa shape index (κ1) is 17.8. The summed E-state index contributed by atoms with van der Waals surface area (Å²) >= 11 is 13.5. The van der Waals surface area contributed by atoms with Crippen LogP contribution in [0, 0.1) is 0 Å². The van der Waals surface area contributed by atoms with Gasteiger partial charge in [-0.05, 0) is 18.1 Å². The molecule has 3 unspecified atom stereocenters. The normalized spacial score (nSPS) is 31.6. The predicted molar refractivity (Wildman–Crippen MR) is 95.2 cm³/mol. The van der Waals surface area contributed by atoms with Gasteiger partial charge in [0.1, 0.15) is 11.5 Å². The molecule has 1 aromatic rings. The Balaban J connectivity index is 2.31. The van der Waals surface area contributed by atoms with E-state index >= 15 is 0 Å². The molecule has 0 aromatic heterocycles. The van der Waals surface area contributed by atoms with Crippen molar-refractivity contribution >= 4 is 35.0 Å². The van der Waals surface area contributed by atoms with Crippen molar-refractivity contribution in [1.29, 1.82) is 0 Å². The predicted octanol–water partition coefficient (Wildman–Crippen LogP) is 2.95. The first-order chi connectivity index (χ1) is 11.7. The molecule has 1 aliphatic carbocycles. The Labute approximate surface area is 155 Å². The first-order valence-corrected chi connectivity index (χ1v) is 8.37. The average molecular weight is 382 g/mol. The molecule has 1 saturated heterocycles. The minimum atomic E-state index is -1.72. The maximum Gasteiger partial charge on any atom is 0.253 e. The molecule has 3 rings (SSSR count). The lowest BCUT2D eigenvalue weighted by molar-refractivity contribution is -0.137. The molecule has 1 aliphatic heterocycles. The van der Waals surface area contributed by atoms with E-state index in [1.807, 2.05) is 0 Å². The summed E-state index contributed by atoms with van der Waals surface area (Å²) in [6.45, 7) is 3.79. The zero-order valence-corrected chi connectivity index (χ0v) is 15.3. The molecular formula is C18H17Cl2NO4. The van der Waals surface area contributed by atoms with E-state index < -0.39 is 27.5 Å². The molecular weight excluding hydrogens is 365 g/mol. The van der Waals surface area contributed by atoms with Crippen LogP contribution in [0.15, 0.2) is 42.5 Å². The van der Waals surface area contributed by atoms with Crippen molar-refractivity contribution < 1.29 is 19.4 Å². The van der Waals surface area contributed by atoms with Crippen LogP contribution in [0.4, 0.5) is 0 Å². The summed E-state index contributed by atoms with van der Waals surface area (Å²) in [4.78, 5) is 23.2. The number of hydrogen-bond acceptors (Lipinski definition) is 4. The van der Waals surface area contributed by atoms with Crippen molar-refractivity contribution in [2.24, 2.45) is 0 Å². The minimum absolute atomic E-state index is 0.00671. The van der Waals surface area contributed by atoms with Crippen LogP contribution in [0.1, 0.15) is 17.9 Å². The van der Waals surface area contributed by atoms with E-state index in [1.54, 1.807) is 18.2 Å². The number of benzene rings is 1. The van der Waals surface area contributed by atoms with Crippen LogP contribution in [-0.4, -0.2) is 45.7 Å². The SMILES string of the molecule is C=CC1=CCC2(Cl)C(=O)N(C)C(=O)C2(Cl)C1c1ccc(O)cc1OC. The van der Waals surface area contributed by atoms with Gasteiger partial charge in [0, 0.05) is 24.6 Å². The number of aromatic hydroxyl groups is 1. The third-order valence-electron chi connectivity index (χ3n) is 4.95. The van der Waals surface area contributed by atoms with Gasteiger partial charge < -0.3 is 9.84 Å². The maximum atomic E-state index is 12.9. The van der Waals surface area contributed by atoms with Crippen molar-refractivity contribution in [3.63, 3.8) is 0 Å². The van der Waals surface area contributed by atoms with Crippen molar-refractivity contribution in [2.75, 3.05) is 14.2 Å². The Morgan fingerprint density at radius 3 is 2.64 bits per heavy atom. The van der Waals surface area contributed by atoms with Crippen molar-refractivity contribution in [3.8, 4) is 11.5 Å². The largest absolute Gasteiger partial charge is 0.508 e. The number of carbonyl (C=O) groups excluding carboxylic acids is 2. The van der Waals surface area contributed by atoms with E-state index in [2.05, 4.69) is 6.58 Å². The summed E-state index contributed by atoms with van der Waals surface area (Å²) in [7, 11) is 2.82. The zero-order valence-electron chi connectivity index (χ0n) is 13.8. The quantitative estimate of drug-likeness (QED) is 0.645. The maximum absolute atomic E-state index is 12.9. The lowest BCUT2D eigenvalue weighted by atomic mass is 9.68. The van der Waals surface area contributed by atoms with Gasteiger partial charge in [-0.25, -0.2) is 0 Å². The van der Waals surface area contributed by atoms with Gasteiger partial charge in [-0.2, -0.15) is 0 Å². The van der Waals surface area contributed by atoms with Gasteiger partial charge in [-0.15, -0.1) is 23.2 Å². The lowest BCUT2D eigenvalue weighted by Gasteiger charge is -2.42. The van der Waals surface area contributed by atoms with E-state index in [1.165, 1.54) is 26.3 Å². The summed E-state index contributed by atoms with van der Waals surface area (Å²) in [6, 6.07) is 4.50. The van der Waals surface area contributed by atoms with Crippen LogP contribution < -0.4 is 4.74 Å². The molecule has 132 valence electrons. The van der Waals surface area contributed by atoms with Crippen LogP contribution in [0.3, 0.4) is 0 Å². The topological polar surface area (TPSA) is 66.8 Å². The average Bonchev–Trinajstić information content (AvgIpc) is 2.74. The molecule has 2 amide bonds. The third kappa shape index (κ3) is 2.15. The molecule has 7 heteroatoms. The number of phenolic OH excluding ortho intramolecular Hbond substituents is 1. The van der Waals surface area contributed by atoms with Gasteiger partial charge >= 0.3 is 0 Å². The molecule has 25 heavy (non-hydrogen) atoms. The number of hydrogen-bond donors (Lipinski definition) is 1. The molecule has 1 aromatic carbocycles. The number of phenols is 1. The molecule has 0 bridgehead atoms. The van der Waals surface area contributed by atoms with E-state index in [0.29, 0.717) is 16.9 Å². The zero-order chi connectivity index (χ0) is 18.6. The van der Waals surface area contributed by atoms with Gasteiger partial charge in [0.15, 0.2) is 9.75 Å². The Kier molecular flexibility index (Phi) is 4.12. The number of fused-ring (bicyclic) bond motifs is 1. The van der Waals surface area contributed by atoms with Crippen molar-refractivity contribution in [2.45, 2.75) is 22.1 Å². The summed E-state index contributed by atoms with van der Waals surface area (Å²) in [5.41, 5.74) is 1.22. The smallest absolute Gasteiger partial charge is 0.253 e. The molecule has 1 heterocycles. The number of ether oxygens (including phenoxy) is 1. The van der Waals surface area contributed by atoms with Gasteiger partial charge in [0.2, 0.25) is 0 Å². The van der Waals surface area contributed by atoms with Gasteiger partial charge in [-0.3, -0.25) is 14.5 Å². The number of carbonyl (C=O) groups is 2. The highest BCUT2D eigenvalue weighted by Gasteiger charge is 2.72. The van der Waals surface area contributed by atoms with Crippen LogP contribution in [-0.2, 0) is 9.59 Å². The summed E-state index contributed by atoms with van der Waals surface area (Å²) in [5.74, 6) is -1.51. The fourth-order valence-electron chi connectivity index (χ4n) is 3.65. The van der Waals surface area contributed by atoms with Crippen molar-refractivity contribution in [3.05, 3.63) is 48.1 Å². The monoisotopic (exact) mass is 381 g/mol. The number of halogens is 2. The highest BCUT2D eigenvalue weighted by Crippen LogP contribution is 2.59. The molecule has 5 nitrogen and oxygen atoms in total. The number of allylic oxidation sites excluding steroid dienone is 3. The van der Waals surface area contributed by atoms with E-state index in [0.717, 1.165) is 4.90 Å². The van der Waals surface area contributed by atoms with Gasteiger partial charge in [0.05, 0.1) is 7.11 Å². The number of nitrogens with zero attached hydrogens (tertiary/aromatic N) is 1. The first-order valence-electron chi connectivity index (χ1n) is 7.62. The Hall–Kier alpha value is -1.98. The second kappa shape index (κ2) is 5.78. The van der Waals surface area contributed by atoms with Crippen LogP contribution in [0.25, 0.3) is 0 Å².